The lowest BCUT2D eigenvalue weighted by molar-refractivity contribution is 0.220. The van der Waals surface area contributed by atoms with Crippen LogP contribution in [-0.4, -0.2) is 34.1 Å². The summed E-state index contributed by atoms with van der Waals surface area (Å²) in [4.78, 5) is 5.85. The Hall–Kier alpha value is -1.39. The highest BCUT2D eigenvalue weighted by molar-refractivity contribution is 7.71. The third-order valence-corrected chi connectivity index (χ3v) is 4.31. The molecule has 3 nitrogen and oxygen atoms in total. The van der Waals surface area contributed by atoms with Gasteiger partial charge in [-0.25, -0.2) is 0 Å². The van der Waals surface area contributed by atoms with Gasteiger partial charge in [0.25, 0.3) is 0 Å². The number of imidazole rings is 1. The molecule has 3 rings (SSSR count). The van der Waals surface area contributed by atoms with Gasteiger partial charge in [-0.1, -0.05) is 36.8 Å². The SMILES string of the molecule is S=c1[nH]c(-c2ccccc2)cn1CCN1CCCCC1. The molecule has 0 atom stereocenters. The van der Waals surface area contributed by atoms with E-state index < -0.39 is 0 Å². The number of nitrogens with zero attached hydrogens (tertiary/aromatic N) is 2. The molecule has 1 aliphatic rings. The van der Waals surface area contributed by atoms with Crippen LogP contribution in [0.25, 0.3) is 11.3 Å². The quantitative estimate of drug-likeness (QED) is 0.867. The van der Waals surface area contributed by atoms with E-state index in [1.807, 2.05) is 6.07 Å². The molecule has 0 spiro atoms. The van der Waals surface area contributed by atoms with Crippen molar-refractivity contribution >= 4 is 12.2 Å². The first-order valence-corrected chi connectivity index (χ1v) is 7.81. The molecule has 1 saturated heterocycles. The second-order valence-electron chi connectivity index (χ2n) is 5.43. The predicted molar refractivity (Wildman–Crippen MR) is 85.3 cm³/mol. The number of benzene rings is 1. The predicted octanol–water partition coefficient (Wildman–Crippen LogP) is 3.70. The Morgan fingerprint density at radius 2 is 1.75 bits per heavy atom. The number of piperidine rings is 1. The van der Waals surface area contributed by atoms with Gasteiger partial charge in [-0.2, -0.15) is 0 Å². The van der Waals surface area contributed by atoms with E-state index >= 15 is 0 Å². The Morgan fingerprint density at radius 1 is 1.00 bits per heavy atom. The van der Waals surface area contributed by atoms with E-state index in [4.69, 9.17) is 12.2 Å². The van der Waals surface area contributed by atoms with Crippen LogP contribution < -0.4 is 0 Å². The number of rotatable bonds is 4. The van der Waals surface area contributed by atoms with Crippen LogP contribution in [0, 0.1) is 4.77 Å². The van der Waals surface area contributed by atoms with E-state index in [2.05, 4.69) is 44.9 Å². The number of hydrogen-bond acceptors (Lipinski definition) is 2. The van der Waals surface area contributed by atoms with Gasteiger partial charge in [0.1, 0.15) is 0 Å². The molecule has 0 unspecified atom stereocenters. The van der Waals surface area contributed by atoms with Gasteiger partial charge in [0.2, 0.25) is 0 Å². The van der Waals surface area contributed by atoms with Crippen LogP contribution in [0.5, 0.6) is 0 Å². The minimum atomic E-state index is 0.820. The van der Waals surface area contributed by atoms with Crippen LogP contribution in [0.15, 0.2) is 36.5 Å². The van der Waals surface area contributed by atoms with Crippen molar-refractivity contribution in [2.45, 2.75) is 25.8 Å². The van der Waals surface area contributed by atoms with Gasteiger partial charge in [-0.15, -0.1) is 0 Å². The lowest BCUT2D eigenvalue weighted by Crippen LogP contribution is -2.32. The summed E-state index contributed by atoms with van der Waals surface area (Å²) in [5.41, 5.74) is 2.30. The van der Waals surface area contributed by atoms with E-state index in [1.54, 1.807) is 0 Å². The fourth-order valence-corrected chi connectivity index (χ4v) is 3.05. The van der Waals surface area contributed by atoms with Crippen LogP contribution in [0.2, 0.25) is 0 Å². The zero-order valence-corrected chi connectivity index (χ0v) is 12.5. The molecule has 1 N–H and O–H groups in total. The lowest BCUT2D eigenvalue weighted by atomic mass is 10.1. The summed E-state index contributed by atoms with van der Waals surface area (Å²) in [5.74, 6) is 0. The van der Waals surface area contributed by atoms with E-state index in [9.17, 15) is 0 Å². The fourth-order valence-electron chi connectivity index (χ4n) is 2.80. The molecule has 0 radical (unpaired) electrons. The number of aromatic nitrogens is 2. The maximum absolute atomic E-state index is 5.43. The average molecular weight is 287 g/mol. The second kappa shape index (κ2) is 6.37. The Bertz CT molecular complexity index is 594. The zero-order chi connectivity index (χ0) is 13.8. The van der Waals surface area contributed by atoms with E-state index in [-0.39, 0.29) is 0 Å². The minimum absolute atomic E-state index is 0.820. The second-order valence-corrected chi connectivity index (χ2v) is 5.82. The molecule has 4 heteroatoms. The first-order chi connectivity index (χ1) is 9.83. The summed E-state index contributed by atoms with van der Waals surface area (Å²) in [6.45, 7) is 4.55. The van der Waals surface area contributed by atoms with Gasteiger partial charge in [0, 0.05) is 19.3 Å². The first kappa shape index (κ1) is 13.6. The Labute approximate surface area is 125 Å². The van der Waals surface area contributed by atoms with E-state index in [1.165, 1.54) is 37.9 Å². The highest BCUT2D eigenvalue weighted by Crippen LogP contribution is 2.17. The molecule has 2 aromatic rings. The molecule has 0 saturated carbocycles. The minimum Gasteiger partial charge on any atom is -0.331 e. The van der Waals surface area contributed by atoms with Crippen LogP contribution in [0.3, 0.4) is 0 Å². The van der Waals surface area contributed by atoms with Crippen molar-refractivity contribution in [3.63, 3.8) is 0 Å². The van der Waals surface area contributed by atoms with Gasteiger partial charge in [0.15, 0.2) is 4.77 Å². The standard InChI is InChI=1S/C16H21N3S/c20-16-17-15(14-7-3-1-4-8-14)13-19(16)12-11-18-9-5-2-6-10-18/h1,3-4,7-8,13H,2,5-6,9-12H2,(H,17,20). The number of aromatic amines is 1. The summed E-state index contributed by atoms with van der Waals surface area (Å²) in [7, 11) is 0. The Balaban J connectivity index is 1.68. The number of H-pyrrole nitrogens is 1. The molecule has 20 heavy (non-hydrogen) atoms. The largest absolute Gasteiger partial charge is 0.331 e. The lowest BCUT2D eigenvalue weighted by Gasteiger charge is -2.26. The van der Waals surface area contributed by atoms with Gasteiger partial charge in [-0.3, -0.25) is 0 Å². The number of nitrogens with one attached hydrogen (secondary N) is 1. The summed E-state index contributed by atoms with van der Waals surface area (Å²) < 4.78 is 2.98. The summed E-state index contributed by atoms with van der Waals surface area (Å²) in [6.07, 6.45) is 6.21. The van der Waals surface area contributed by atoms with Crippen LogP contribution in [0.1, 0.15) is 19.3 Å². The maximum Gasteiger partial charge on any atom is 0.177 e. The van der Waals surface area contributed by atoms with Crippen molar-refractivity contribution in [3.8, 4) is 11.3 Å². The molecular formula is C16H21N3S. The summed E-state index contributed by atoms with van der Waals surface area (Å²) >= 11 is 5.43. The molecule has 1 aromatic carbocycles. The molecule has 1 aromatic heterocycles. The van der Waals surface area contributed by atoms with Crippen molar-refractivity contribution < 1.29 is 0 Å². The molecular weight excluding hydrogens is 266 g/mol. The van der Waals surface area contributed by atoms with Gasteiger partial charge in [-0.05, 0) is 43.7 Å². The average Bonchev–Trinajstić information content (AvgIpc) is 2.88. The molecule has 2 heterocycles. The first-order valence-electron chi connectivity index (χ1n) is 7.40. The third kappa shape index (κ3) is 3.19. The Morgan fingerprint density at radius 3 is 2.50 bits per heavy atom. The number of likely N-dealkylation sites (tertiary alicyclic amines) is 1. The molecule has 1 fully saturated rings. The molecule has 0 bridgehead atoms. The monoisotopic (exact) mass is 287 g/mol. The Kier molecular flexibility index (Phi) is 4.33. The van der Waals surface area contributed by atoms with Crippen molar-refractivity contribution in [2.24, 2.45) is 0 Å². The zero-order valence-electron chi connectivity index (χ0n) is 11.7. The highest BCUT2D eigenvalue weighted by Gasteiger charge is 2.10. The smallest absolute Gasteiger partial charge is 0.177 e. The summed E-state index contributed by atoms with van der Waals surface area (Å²) in [6, 6.07) is 10.4. The van der Waals surface area contributed by atoms with Crippen molar-refractivity contribution in [1.29, 1.82) is 0 Å². The van der Waals surface area contributed by atoms with Crippen molar-refractivity contribution in [1.82, 2.24) is 14.5 Å². The molecule has 106 valence electrons. The van der Waals surface area contributed by atoms with E-state index in [0.717, 1.165) is 23.6 Å². The van der Waals surface area contributed by atoms with Gasteiger partial charge >= 0.3 is 0 Å². The molecule has 0 amide bonds. The molecule has 0 aliphatic carbocycles. The van der Waals surface area contributed by atoms with Crippen LogP contribution in [0.4, 0.5) is 0 Å². The number of hydrogen-bond donors (Lipinski definition) is 1. The fraction of sp³-hybridized carbons (Fsp3) is 0.438. The van der Waals surface area contributed by atoms with Gasteiger partial charge in [0.05, 0.1) is 5.69 Å². The van der Waals surface area contributed by atoms with Crippen LogP contribution in [-0.2, 0) is 6.54 Å². The van der Waals surface area contributed by atoms with E-state index in [0.29, 0.717) is 0 Å². The summed E-state index contributed by atoms with van der Waals surface area (Å²) in [5, 5.41) is 0. The maximum atomic E-state index is 5.43. The van der Waals surface area contributed by atoms with Gasteiger partial charge < -0.3 is 14.5 Å². The highest BCUT2D eigenvalue weighted by atomic mass is 32.1. The van der Waals surface area contributed by atoms with Crippen molar-refractivity contribution in [2.75, 3.05) is 19.6 Å². The topological polar surface area (TPSA) is 24.0 Å². The molecule has 1 aliphatic heterocycles. The van der Waals surface area contributed by atoms with Crippen LogP contribution >= 0.6 is 12.2 Å². The van der Waals surface area contributed by atoms with Crippen molar-refractivity contribution in [3.05, 3.63) is 41.3 Å². The normalized spacial score (nSPS) is 16.4. The third-order valence-electron chi connectivity index (χ3n) is 3.98.